The highest BCUT2D eigenvalue weighted by Crippen LogP contribution is 2.32. The maximum Gasteiger partial charge on any atom is 0.230 e. The van der Waals surface area contributed by atoms with Gasteiger partial charge >= 0.3 is 0 Å². The molecule has 2 aromatic carbocycles. The van der Waals surface area contributed by atoms with Crippen molar-refractivity contribution in [1.82, 2.24) is 15.3 Å². The molecule has 2 unspecified atom stereocenters. The zero-order valence-corrected chi connectivity index (χ0v) is 22.3. The number of aryl methyl sites for hydroxylation is 1. The Labute approximate surface area is 222 Å². The summed E-state index contributed by atoms with van der Waals surface area (Å²) in [4.78, 5) is 21.5. The number of ether oxygens (including phenoxy) is 2. The Morgan fingerprint density at radius 2 is 1.78 bits per heavy atom. The summed E-state index contributed by atoms with van der Waals surface area (Å²) in [7, 11) is 3.22. The molecule has 0 bridgehead atoms. The van der Waals surface area contributed by atoms with Crippen LogP contribution in [0.4, 0.5) is 0 Å². The average Bonchev–Trinajstić information content (AvgIpc) is 3.35. The molecule has 1 N–H and O–H groups in total. The third kappa shape index (κ3) is 7.14. The van der Waals surface area contributed by atoms with Gasteiger partial charge in [0, 0.05) is 29.0 Å². The first-order valence-electron chi connectivity index (χ1n) is 12.3. The van der Waals surface area contributed by atoms with Crippen LogP contribution in [0.5, 0.6) is 11.5 Å². The molecule has 1 amide bonds. The van der Waals surface area contributed by atoms with Crippen molar-refractivity contribution < 1.29 is 14.3 Å². The number of nitrogens with one attached hydrogen (secondary N) is 1. The van der Waals surface area contributed by atoms with Crippen molar-refractivity contribution in [3.8, 4) is 22.6 Å². The van der Waals surface area contributed by atoms with E-state index in [4.69, 9.17) is 21.1 Å². The van der Waals surface area contributed by atoms with Gasteiger partial charge in [-0.25, -0.2) is 9.97 Å². The standard InChI is InChI=1S/C28H32ClN3O3S/c1-34-25-14-11-21(15-26(25)35-2)22-16-30-28(31-17-22)36-18-27(33)32-24-8-4-7-20(24)6-3-5-19-9-12-23(29)13-10-19/h9-17,20,24H,3-8,18H2,1-2H3,(H,32,33). The third-order valence-corrected chi connectivity index (χ3v) is 7.76. The molecule has 3 aromatic rings. The Morgan fingerprint density at radius 1 is 1.03 bits per heavy atom. The van der Waals surface area contributed by atoms with Crippen LogP contribution < -0.4 is 14.8 Å². The first kappa shape index (κ1) is 26.3. The molecular formula is C28H32ClN3O3S. The van der Waals surface area contributed by atoms with Crippen LogP contribution in [0.2, 0.25) is 5.02 Å². The monoisotopic (exact) mass is 525 g/mol. The molecule has 8 heteroatoms. The first-order chi connectivity index (χ1) is 17.6. The molecule has 1 saturated carbocycles. The molecule has 0 radical (unpaired) electrons. The normalized spacial score (nSPS) is 17.1. The van der Waals surface area contributed by atoms with Crippen LogP contribution in [0.15, 0.2) is 60.0 Å². The third-order valence-electron chi connectivity index (χ3n) is 6.64. The number of aromatic nitrogens is 2. The highest BCUT2D eigenvalue weighted by atomic mass is 35.5. The van der Waals surface area contributed by atoms with Crippen molar-refractivity contribution in [2.45, 2.75) is 49.7 Å². The number of carbonyl (C=O) groups is 1. The second kappa shape index (κ2) is 13.0. The van der Waals surface area contributed by atoms with E-state index in [1.54, 1.807) is 26.6 Å². The molecule has 1 fully saturated rings. The van der Waals surface area contributed by atoms with E-state index in [2.05, 4.69) is 27.4 Å². The molecule has 1 heterocycles. The summed E-state index contributed by atoms with van der Waals surface area (Å²) in [5.74, 6) is 2.22. The summed E-state index contributed by atoms with van der Waals surface area (Å²) < 4.78 is 10.7. The molecule has 1 aliphatic carbocycles. The minimum absolute atomic E-state index is 0.0437. The van der Waals surface area contributed by atoms with E-state index >= 15 is 0 Å². The molecule has 6 nitrogen and oxygen atoms in total. The van der Waals surface area contributed by atoms with Crippen LogP contribution in [-0.4, -0.2) is 41.9 Å². The minimum Gasteiger partial charge on any atom is -0.493 e. The van der Waals surface area contributed by atoms with Gasteiger partial charge in [0.25, 0.3) is 0 Å². The lowest BCUT2D eigenvalue weighted by atomic mass is 9.95. The fourth-order valence-electron chi connectivity index (χ4n) is 4.73. The van der Waals surface area contributed by atoms with Gasteiger partial charge in [0.2, 0.25) is 5.91 Å². The first-order valence-corrected chi connectivity index (χ1v) is 13.6. The van der Waals surface area contributed by atoms with Crippen LogP contribution in [-0.2, 0) is 11.2 Å². The largest absolute Gasteiger partial charge is 0.493 e. The maximum absolute atomic E-state index is 12.6. The van der Waals surface area contributed by atoms with E-state index in [1.165, 1.54) is 30.2 Å². The number of halogens is 1. The van der Waals surface area contributed by atoms with Crippen molar-refractivity contribution in [2.75, 3.05) is 20.0 Å². The zero-order chi connectivity index (χ0) is 25.3. The summed E-state index contributed by atoms with van der Waals surface area (Å²) in [5, 5.41) is 4.61. The van der Waals surface area contributed by atoms with Crippen LogP contribution in [0.1, 0.15) is 37.7 Å². The summed E-state index contributed by atoms with van der Waals surface area (Å²) >= 11 is 7.33. The van der Waals surface area contributed by atoms with Crippen molar-refractivity contribution in [2.24, 2.45) is 5.92 Å². The summed E-state index contributed by atoms with van der Waals surface area (Å²) in [6.45, 7) is 0. The second-order valence-corrected chi connectivity index (χ2v) is 10.4. The average molecular weight is 526 g/mol. The molecule has 0 spiro atoms. The topological polar surface area (TPSA) is 73.3 Å². The molecule has 1 aliphatic rings. The zero-order valence-electron chi connectivity index (χ0n) is 20.7. The smallest absolute Gasteiger partial charge is 0.230 e. The van der Waals surface area contributed by atoms with Gasteiger partial charge in [0.15, 0.2) is 16.7 Å². The van der Waals surface area contributed by atoms with Crippen molar-refractivity contribution in [3.63, 3.8) is 0 Å². The number of methoxy groups -OCH3 is 2. The number of rotatable bonds is 11. The van der Waals surface area contributed by atoms with E-state index in [1.807, 2.05) is 30.3 Å². The van der Waals surface area contributed by atoms with Gasteiger partial charge in [-0.05, 0) is 73.4 Å². The maximum atomic E-state index is 12.6. The molecule has 2 atom stereocenters. The van der Waals surface area contributed by atoms with E-state index < -0.39 is 0 Å². The SMILES string of the molecule is COc1ccc(-c2cnc(SCC(=O)NC3CCCC3CCCc3ccc(Cl)cc3)nc2)cc1OC. The molecular weight excluding hydrogens is 494 g/mol. The Bertz CT molecular complexity index is 1140. The highest BCUT2D eigenvalue weighted by molar-refractivity contribution is 7.99. The Hall–Kier alpha value is -2.77. The summed E-state index contributed by atoms with van der Waals surface area (Å²) in [6.07, 6.45) is 10.2. The fourth-order valence-corrected chi connectivity index (χ4v) is 5.45. The second-order valence-electron chi connectivity index (χ2n) is 9.00. The number of hydrogen-bond donors (Lipinski definition) is 1. The highest BCUT2D eigenvalue weighted by Gasteiger charge is 2.28. The van der Waals surface area contributed by atoms with Gasteiger partial charge in [-0.1, -0.05) is 48.0 Å². The van der Waals surface area contributed by atoms with Gasteiger partial charge in [-0.15, -0.1) is 0 Å². The van der Waals surface area contributed by atoms with Gasteiger partial charge in [0.05, 0.1) is 20.0 Å². The predicted octanol–water partition coefficient (Wildman–Crippen LogP) is 6.21. The van der Waals surface area contributed by atoms with Gasteiger partial charge in [-0.3, -0.25) is 4.79 Å². The van der Waals surface area contributed by atoms with Crippen LogP contribution >= 0.6 is 23.4 Å². The summed E-state index contributed by atoms with van der Waals surface area (Å²) in [6, 6.07) is 14.0. The molecule has 0 aliphatic heterocycles. The van der Waals surface area contributed by atoms with E-state index in [0.29, 0.717) is 28.3 Å². The molecule has 1 aromatic heterocycles. The van der Waals surface area contributed by atoms with Crippen molar-refractivity contribution in [3.05, 3.63) is 65.4 Å². The summed E-state index contributed by atoms with van der Waals surface area (Å²) in [5.41, 5.74) is 3.12. The lowest BCUT2D eigenvalue weighted by Crippen LogP contribution is -2.38. The molecule has 36 heavy (non-hydrogen) atoms. The predicted molar refractivity (Wildman–Crippen MR) is 145 cm³/mol. The number of benzene rings is 2. The number of nitrogens with zero attached hydrogens (tertiary/aromatic N) is 2. The number of hydrogen-bond acceptors (Lipinski definition) is 6. The quantitative estimate of drug-likeness (QED) is 0.237. The Kier molecular flexibility index (Phi) is 9.47. The van der Waals surface area contributed by atoms with Crippen molar-refractivity contribution >= 4 is 29.3 Å². The lowest BCUT2D eigenvalue weighted by Gasteiger charge is -2.21. The van der Waals surface area contributed by atoms with Crippen molar-refractivity contribution in [1.29, 1.82) is 0 Å². The lowest BCUT2D eigenvalue weighted by molar-refractivity contribution is -0.119. The number of amides is 1. The molecule has 190 valence electrons. The Morgan fingerprint density at radius 3 is 2.50 bits per heavy atom. The van der Waals surface area contributed by atoms with Gasteiger partial charge in [0.1, 0.15) is 0 Å². The van der Waals surface area contributed by atoms with E-state index in [-0.39, 0.29) is 11.9 Å². The van der Waals surface area contributed by atoms with E-state index in [0.717, 1.165) is 41.8 Å². The van der Waals surface area contributed by atoms with Crippen LogP contribution in [0.3, 0.4) is 0 Å². The molecule has 0 saturated heterocycles. The Balaban J connectivity index is 1.23. The number of thioether (sulfide) groups is 1. The fraction of sp³-hybridized carbons (Fsp3) is 0.393. The number of carbonyl (C=O) groups excluding carboxylic acids is 1. The minimum atomic E-state index is 0.0437. The van der Waals surface area contributed by atoms with Gasteiger partial charge < -0.3 is 14.8 Å². The van der Waals surface area contributed by atoms with Crippen LogP contribution in [0, 0.1) is 5.92 Å². The van der Waals surface area contributed by atoms with E-state index in [9.17, 15) is 4.79 Å². The molecule has 4 rings (SSSR count). The van der Waals surface area contributed by atoms with Crippen LogP contribution in [0.25, 0.3) is 11.1 Å². The van der Waals surface area contributed by atoms with Gasteiger partial charge in [-0.2, -0.15) is 0 Å².